The van der Waals surface area contributed by atoms with Gasteiger partial charge in [-0.25, -0.2) is 4.79 Å². The van der Waals surface area contributed by atoms with Crippen molar-refractivity contribution in [2.45, 2.75) is 13.1 Å². The highest BCUT2D eigenvalue weighted by atomic mass is 19.4. The van der Waals surface area contributed by atoms with Crippen LogP contribution in [0.2, 0.25) is 0 Å². The zero-order chi connectivity index (χ0) is 15.8. The highest BCUT2D eigenvalue weighted by molar-refractivity contribution is 5.88. The molecule has 112 valence electrons. The summed E-state index contributed by atoms with van der Waals surface area (Å²) in [4.78, 5) is 15.3. The summed E-state index contributed by atoms with van der Waals surface area (Å²) in [7, 11) is 2.62. The summed E-state index contributed by atoms with van der Waals surface area (Å²) >= 11 is 0. The van der Waals surface area contributed by atoms with Crippen molar-refractivity contribution >= 4 is 5.97 Å². The van der Waals surface area contributed by atoms with Gasteiger partial charge in [-0.15, -0.1) is 0 Å². The van der Waals surface area contributed by atoms with Crippen molar-refractivity contribution in [2.75, 3.05) is 7.11 Å². The van der Waals surface area contributed by atoms with Crippen molar-refractivity contribution in [2.24, 2.45) is 7.05 Å². The summed E-state index contributed by atoms with van der Waals surface area (Å²) in [5.74, 6) is -0.717. The summed E-state index contributed by atoms with van der Waals surface area (Å²) in [6.45, 7) is 1.47. The largest absolute Gasteiger partial charge is 0.464 e. The van der Waals surface area contributed by atoms with Crippen LogP contribution >= 0.6 is 0 Å². The topological polar surface area (TPSA) is 57.0 Å². The van der Waals surface area contributed by atoms with Gasteiger partial charge in [0.05, 0.1) is 18.4 Å². The lowest BCUT2D eigenvalue weighted by Crippen LogP contribution is -2.09. The second kappa shape index (κ2) is 5.19. The van der Waals surface area contributed by atoms with Crippen LogP contribution in [0.5, 0.6) is 0 Å². The maximum atomic E-state index is 13.1. The van der Waals surface area contributed by atoms with Crippen LogP contribution in [0.25, 0.3) is 11.3 Å². The van der Waals surface area contributed by atoms with E-state index in [9.17, 15) is 18.0 Å². The van der Waals surface area contributed by atoms with Crippen molar-refractivity contribution in [3.8, 4) is 11.3 Å². The number of methoxy groups -OCH3 is 1. The van der Waals surface area contributed by atoms with Crippen LogP contribution in [0.4, 0.5) is 13.2 Å². The first-order valence-electron chi connectivity index (χ1n) is 5.90. The van der Waals surface area contributed by atoms with Gasteiger partial charge in [-0.3, -0.25) is 9.67 Å². The van der Waals surface area contributed by atoms with Gasteiger partial charge < -0.3 is 4.74 Å². The van der Waals surface area contributed by atoms with Gasteiger partial charge in [0.25, 0.3) is 0 Å². The summed E-state index contributed by atoms with van der Waals surface area (Å²) in [6.07, 6.45) is -3.41. The van der Waals surface area contributed by atoms with Gasteiger partial charge in [0, 0.05) is 24.5 Å². The number of alkyl halides is 3. The third kappa shape index (κ3) is 2.88. The molecular formula is C13H12F3N3O2. The fourth-order valence-corrected chi connectivity index (χ4v) is 1.92. The third-order valence-electron chi connectivity index (χ3n) is 2.90. The Morgan fingerprint density at radius 1 is 1.33 bits per heavy atom. The SMILES string of the molecule is COC(=O)c1cc(-c2cnc(C)cc2C(F)(F)F)n(C)n1. The molecule has 0 saturated heterocycles. The number of aromatic nitrogens is 3. The molecule has 0 aliphatic heterocycles. The molecule has 0 aromatic carbocycles. The number of pyridine rings is 1. The maximum absolute atomic E-state index is 13.1. The standard InChI is InChI=1S/C13H12F3N3O2/c1-7-4-9(13(14,15)16)8(6-17-7)11-5-10(12(20)21-3)18-19(11)2/h4-6H,1-3H3. The fourth-order valence-electron chi connectivity index (χ4n) is 1.92. The molecule has 2 aromatic rings. The number of nitrogens with zero attached hydrogens (tertiary/aromatic N) is 3. The van der Waals surface area contributed by atoms with Gasteiger partial charge in [0.15, 0.2) is 5.69 Å². The molecule has 0 unspecified atom stereocenters. The van der Waals surface area contributed by atoms with E-state index < -0.39 is 17.7 Å². The molecule has 2 heterocycles. The lowest BCUT2D eigenvalue weighted by atomic mass is 10.1. The van der Waals surface area contributed by atoms with Crippen molar-refractivity contribution in [3.63, 3.8) is 0 Å². The Kier molecular flexibility index (Phi) is 3.71. The fraction of sp³-hybridized carbons (Fsp3) is 0.308. The van der Waals surface area contributed by atoms with Gasteiger partial charge in [0.2, 0.25) is 0 Å². The summed E-state index contributed by atoms with van der Waals surface area (Å²) in [5, 5.41) is 3.85. The molecule has 0 aliphatic carbocycles. The number of esters is 1. The van der Waals surface area contributed by atoms with Crippen LogP contribution < -0.4 is 0 Å². The van der Waals surface area contributed by atoms with Crippen LogP contribution in [0, 0.1) is 6.92 Å². The van der Waals surface area contributed by atoms with Crippen molar-refractivity contribution < 1.29 is 22.7 Å². The van der Waals surface area contributed by atoms with E-state index in [2.05, 4.69) is 14.8 Å². The van der Waals surface area contributed by atoms with Gasteiger partial charge in [-0.05, 0) is 19.1 Å². The quantitative estimate of drug-likeness (QED) is 0.800. The van der Waals surface area contributed by atoms with E-state index in [-0.39, 0.29) is 22.6 Å². The Morgan fingerprint density at radius 2 is 2.00 bits per heavy atom. The molecule has 21 heavy (non-hydrogen) atoms. The van der Waals surface area contributed by atoms with Crippen molar-refractivity contribution in [1.82, 2.24) is 14.8 Å². The molecule has 5 nitrogen and oxygen atoms in total. The normalized spacial score (nSPS) is 11.5. The minimum Gasteiger partial charge on any atom is -0.464 e. The Bertz CT molecular complexity index is 692. The van der Waals surface area contributed by atoms with E-state index in [0.29, 0.717) is 0 Å². The number of halogens is 3. The highest BCUT2D eigenvalue weighted by Crippen LogP contribution is 2.37. The minimum atomic E-state index is -4.53. The zero-order valence-electron chi connectivity index (χ0n) is 11.5. The minimum absolute atomic E-state index is 0.0660. The predicted octanol–water partition coefficient (Wildman–Crippen LogP) is 2.60. The first-order valence-corrected chi connectivity index (χ1v) is 5.90. The first kappa shape index (κ1) is 15.0. The monoisotopic (exact) mass is 299 g/mol. The summed E-state index contributed by atoms with van der Waals surface area (Å²) in [5.41, 5.74) is -0.645. The third-order valence-corrected chi connectivity index (χ3v) is 2.90. The number of aryl methyl sites for hydroxylation is 2. The van der Waals surface area contributed by atoms with E-state index in [1.54, 1.807) is 0 Å². The first-order chi connectivity index (χ1) is 9.74. The Morgan fingerprint density at radius 3 is 2.57 bits per heavy atom. The van der Waals surface area contributed by atoms with E-state index in [0.717, 1.165) is 12.3 Å². The van der Waals surface area contributed by atoms with Crippen molar-refractivity contribution in [3.05, 3.63) is 35.3 Å². The second-order valence-electron chi connectivity index (χ2n) is 4.40. The van der Waals surface area contributed by atoms with E-state index >= 15 is 0 Å². The molecule has 0 radical (unpaired) electrons. The average molecular weight is 299 g/mol. The molecule has 0 saturated carbocycles. The Hall–Kier alpha value is -2.38. The Labute approximate surface area is 118 Å². The van der Waals surface area contributed by atoms with Crippen LogP contribution in [0.1, 0.15) is 21.7 Å². The molecule has 0 aliphatic rings. The summed E-state index contributed by atoms with van der Waals surface area (Å²) in [6, 6.07) is 2.20. The smallest absolute Gasteiger partial charge is 0.417 e. The Balaban J connectivity index is 2.62. The molecule has 2 aromatic heterocycles. The van der Waals surface area contributed by atoms with Gasteiger partial charge in [-0.1, -0.05) is 0 Å². The molecule has 0 spiro atoms. The number of hydrogen-bond donors (Lipinski definition) is 0. The molecule has 0 atom stereocenters. The second-order valence-corrected chi connectivity index (χ2v) is 4.40. The lowest BCUT2D eigenvalue weighted by Gasteiger charge is -2.13. The molecular weight excluding hydrogens is 287 g/mol. The van der Waals surface area contributed by atoms with Crippen LogP contribution in [-0.4, -0.2) is 27.8 Å². The molecule has 0 amide bonds. The predicted molar refractivity (Wildman–Crippen MR) is 67.5 cm³/mol. The summed E-state index contributed by atoms with van der Waals surface area (Å²) < 4.78 is 45.1. The number of carbonyl (C=O) groups excluding carboxylic acids is 1. The van der Waals surface area contributed by atoms with Gasteiger partial charge >= 0.3 is 12.1 Å². The van der Waals surface area contributed by atoms with Crippen LogP contribution in [0.3, 0.4) is 0 Å². The average Bonchev–Trinajstić information content (AvgIpc) is 2.79. The number of rotatable bonds is 2. The van der Waals surface area contributed by atoms with E-state index in [4.69, 9.17) is 0 Å². The highest BCUT2D eigenvalue weighted by Gasteiger charge is 2.35. The van der Waals surface area contributed by atoms with Gasteiger partial charge in [-0.2, -0.15) is 18.3 Å². The number of carbonyl (C=O) groups is 1. The number of ether oxygens (including phenoxy) is 1. The van der Waals surface area contributed by atoms with Crippen molar-refractivity contribution in [1.29, 1.82) is 0 Å². The maximum Gasteiger partial charge on any atom is 0.417 e. The molecule has 0 N–H and O–H groups in total. The number of hydrogen-bond acceptors (Lipinski definition) is 4. The molecule has 0 fully saturated rings. The van der Waals surface area contributed by atoms with E-state index in [1.165, 1.54) is 31.8 Å². The van der Waals surface area contributed by atoms with Gasteiger partial charge in [0.1, 0.15) is 0 Å². The van der Waals surface area contributed by atoms with E-state index in [1.807, 2.05) is 0 Å². The van der Waals surface area contributed by atoms with Crippen LogP contribution in [0.15, 0.2) is 18.3 Å². The zero-order valence-corrected chi connectivity index (χ0v) is 11.5. The molecule has 0 bridgehead atoms. The molecule has 2 rings (SSSR count). The lowest BCUT2D eigenvalue weighted by molar-refractivity contribution is -0.137. The molecule has 8 heteroatoms. The van der Waals surface area contributed by atoms with Crippen LogP contribution in [-0.2, 0) is 18.0 Å².